The quantitative estimate of drug-likeness (QED) is 0.663. The molecule has 7 nitrogen and oxygen atoms in total. The molecule has 0 saturated heterocycles. The molecule has 0 aromatic carbocycles. The molecule has 0 atom stereocenters. The highest BCUT2D eigenvalue weighted by molar-refractivity contribution is 7.89. The molecule has 0 amide bonds. The van der Waals surface area contributed by atoms with Crippen molar-refractivity contribution in [3.05, 3.63) is 11.3 Å². The maximum absolute atomic E-state index is 12.4. The lowest BCUT2D eigenvalue weighted by Gasteiger charge is -2.16. The summed E-state index contributed by atoms with van der Waals surface area (Å²) in [6.07, 6.45) is 0.650. The zero-order valence-corrected chi connectivity index (χ0v) is 12.7. The Morgan fingerprint density at radius 3 is 2.74 bits per heavy atom. The maximum atomic E-state index is 12.4. The van der Waals surface area contributed by atoms with E-state index < -0.39 is 10.0 Å². The van der Waals surface area contributed by atoms with E-state index in [1.165, 1.54) is 4.31 Å². The molecule has 0 aliphatic rings. The Labute approximate surface area is 114 Å². The van der Waals surface area contributed by atoms with Gasteiger partial charge in [-0.05, 0) is 20.4 Å². The highest BCUT2D eigenvalue weighted by Gasteiger charge is 2.27. The summed E-state index contributed by atoms with van der Waals surface area (Å²) in [4.78, 5) is 0. The minimum absolute atomic E-state index is 0.0965. The molecule has 0 bridgehead atoms. The van der Waals surface area contributed by atoms with Crippen molar-refractivity contribution < 1.29 is 13.2 Å². The minimum Gasteiger partial charge on any atom is -0.385 e. The molecule has 0 aliphatic carbocycles. The molecule has 110 valence electrons. The standard InChI is InChI=1S/C11H22N4O3S/c1-9-10(8-12-2)11(14-13-9)19(16,17)15(3)6-5-7-18-4/h12H,5-8H2,1-4H3,(H,13,14). The summed E-state index contributed by atoms with van der Waals surface area (Å²) in [5.74, 6) is 0. The van der Waals surface area contributed by atoms with E-state index in [0.717, 1.165) is 5.69 Å². The molecule has 0 aliphatic heterocycles. The second-order valence-corrected chi connectivity index (χ2v) is 6.30. The third-order valence-electron chi connectivity index (χ3n) is 2.87. The zero-order valence-electron chi connectivity index (χ0n) is 11.9. The summed E-state index contributed by atoms with van der Waals surface area (Å²) in [6, 6.07) is 0. The highest BCUT2D eigenvalue weighted by atomic mass is 32.2. The topological polar surface area (TPSA) is 87.3 Å². The first kappa shape index (κ1) is 16.1. The molecule has 1 aromatic rings. The van der Waals surface area contributed by atoms with E-state index in [1.54, 1.807) is 21.2 Å². The lowest BCUT2D eigenvalue weighted by atomic mass is 10.3. The summed E-state index contributed by atoms with van der Waals surface area (Å²) in [7, 11) is 1.36. The van der Waals surface area contributed by atoms with Crippen LogP contribution in [0.25, 0.3) is 0 Å². The average molecular weight is 290 g/mol. The molecule has 2 N–H and O–H groups in total. The fraction of sp³-hybridized carbons (Fsp3) is 0.727. The van der Waals surface area contributed by atoms with Crippen LogP contribution in [0.3, 0.4) is 0 Å². The lowest BCUT2D eigenvalue weighted by molar-refractivity contribution is 0.189. The Kier molecular flexibility index (Phi) is 5.92. The van der Waals surface area contributed by atoms with Crippen LogP contribution in [0, 0.1) is 6.92 Å². The van der Waals surface area contributed by atoms with E-state index in [4.69, 9.17) is 4.74 Å². The molecule has 0 saturated carbocycles. The normalized spacial score (nSPS) is 12.3. The predicted molar refractivity (Wildman–Crippen MR) is 72.4 cm³/mol. The van der Waals surface area contributed by atoms with Gasteiger partial charge in [-0.2, -0.15) is 9.40 Å². The first-order valence-electron chi connectivity index (χ1n) is 6.08. The van der Waals surface area contributed by atoms with Gasteiger partial charge in [0, 0.05) is 45.1 Å². The summed E-state index contributed by atoms with van der Waals surface area (Å²) in [5.41, 5.74) is 1.44. The van der Waals surface area contributed by atoms with Crippen molar-refractivity contribution in [2.45, 2.75) is 24.9 Å². The number of hydrogen-bond acceptors (Lipinski definition) is 5. The van der Waals surface area contributed by atoms with Gasteiger partial charge in [0.15, 0.2) is 5.03 Å². The molecule has 0 spiro atoms. The second-order valence-electron chi connectivity index (χ2n) is 4.34. The van der Waals surface area contributed by atoms with Gasteiger partial charge in [0.05, 0.1) is 0 Å². The number of rotatable bonds is 8. The largest absolute Gasteiger partial charge is 0.385 e. The molecular weight excluding hydrogens is 268 g/mol. The summed E-state index contributed by atoms with van der Waals surface area (Å²) < 4.78 is 31.1. The van der Waals surface area contributed by atoms with Gasteiger partial charge in [0.2, 0.25) is 0 Å². The van der Waals surface area contributed by atoms with E-state index in [0.29, 0.717) is 31.7 Å². The van der Waals surface area contributed by atoms with Crippen molar-refractivity contribution in [1.29, 1.82) is 0 Å². The van der Waals surface area contributed by atoms with Gasteiger partial charge in [-0.25, -0.2) is 8.42 Å². The van der Waals surface area contributed by atoms with Crippen molar-refractivity contribution in [3.8, 4) is 0 Å². The van der Waals surface area contributed by atoms with E-state index in [1.807, 2.05) is 6.92 Å². The van der Waals surface area contributed by atoms with Crippen LogP contribution < -0.4 is 5.32 Å². The van der Waals surface area contributed by atoms with Crippen LogP contribution in [0.5, 0.6) is 0 Å². The van der Waals surface area contributed by atoms with Crippen molar-refractivity contribution in [3.63, 3.8) is 0 Å². The van der Waals surface area contributed by atoms with Crippen molar-refractivity contribution in [2.75, 3.05) is 34.4 Å². The first-order chi connectivity index (χ1) is 8.95. The van der Waals surface area contributed by atoms with Gasteiger partial charge < -0.3 is 10.1 Å². The van der Waals surface area contributed by atoms with Gasteiger partial charge in [-0.3, -0.25) is 5.10 Å². The van der Waals surface area contributed by atoms with Gasteiger partial charge in [0.25, 0.3) is 10.0 Å². The SMILES string of the molecule is CNCc1c(S(=O)(=O)N(C)CCCOC)n[nH]c1C. The Bertz CT molecular complexity index is 498. The molecule has 0 radical (unpaired) electrons. The maximum Gasteiger partial charge on any atom is 0.262 e. The molecule has 19 heavy (non-hydrogen) atoms. The summed E-state index contributed by atoms with van der Waals surface area (Å²) in [6.45, 7) is 3.20. The monoisotopic (exact) mass is 290 g/mol. The van der Waals surface area contributed by atoms with E-state index in [2.05, 4.69) is 15.5 Å². The number of nitrogens with zero attached hydrogens (tertiary/aromatic N) is 2. The number of hydrogen-bond donors (Lipinski definition) is 2. The van der Waals surface area contributed by atoms with Crippen LogP contribution in [0.15, 0.2) is 5.03 Å². The van der Waals surface area contributed by atoms with Crippen molar-refractivity contribution in [1.82, 2.24) is 19.8 Å². The number of sulfonamides is 1. The van der Waals surface area contributed by atoms with Crippen molar-refractivity contribution >= 4 is 10.0 Å². The number of aromatic amines is 1. The molecule has 0 unspecified atom stereocenters. The van der Waals surface area contributed by atoms with Crippen LogP contribution >= 0.6 is 0 Å². The zero-order chi connectivity index (χ0) is 14.5. The predicted octanol–water partition coefficient (Wildman–Crippen LogP) is 0.0945. The van der Waals surface area contributed by atoms with Crippen molar-refractivity contribution in [2.24, 2.45) is 0 Å². The number of aryl methyl sites for hydroxylation is 1. The Hall–Kier alpha value is -0.960. The first-order valence-corrected chi connectivity index (χ1v) is 7.52. The number of H-pyrrole nitrogens is 1. The molecule has 1 aromatic heterocycles. The van der Waals surface area contributed by atoms with Crippen LogP contribution in [0.1, 0.15) is 17.7 Å². The fourth-order valence-electron chi connectivity index (χ4n) is 1.73. The van der Waals surface area contributed by atoms with Crippen LogP contribution in [0.4, 0.5) is 0 Å². The molecule has 8 heteroatoms. The fourth-order valence-corrected chi connectivity index (χ4v) is 3.09. The smallest absolute Gasteiger partial charge is 0.262 e. The van der Waals surface area contributed by atoms with E-state index in [9.17, 15) is 8.42 Å². The molecule has 0 fully saturated rings. The molecule has 1 heterocycles. The Balaban J connectivity index is 2.93. The third-order valence-corrected chi connectivity index (χ3v) is 4.70. The molecular formula is C11H22N4O3S. The lowest BCUT2D eigenvalue weighted by Crippen LogP contribution is -2.30. The van der Waals surface area contributed by atoms with Gasteiger partial charge in [0.1, 0.15) is 0 Å². The second kappa shape index (κ2) is 6.99. The Morgan fingerprint density at radius 1 is 1.47 bits per heavy atom. The summed E-state index contributed by atoms with van der Waals surface area (Å²) >= 11 is 0. The van der Waals surface area contributed by atoms with E-state index in [-0.39, 0.29) is 5.03 Å². The number of aromatic nitrogens is 2. The number of ether oxygens (including phenoxy) is 1. The summed E-state index contributed by atoms with van der Waals surface area (Å²) in [5, 5.41) is 9.71. The Morgan fingerprint density at radius 2 is 2.16 bits per heavy atom. The van der Waals surface area contributed by atoms with E-state index >= 15 is 0 Å². The van der Waals surface area contributed by atoms with Gasteiger partial charge in [-0.15, -0.1) is 0 Å². The van der Waals surface area contributed by atoms with Gasteiger partial charge >= 0.3 is 0 Å². The van der Waals surface area contributed by atoms with Gasteiger partial charge in [-0.1, -0.05) is 0 Å². The third kappa shape index (κ3) is 3.75. The average Bonchev–Trinajstić information content (AvgIpc) is 2.72. The van der Waals surface area contributed by atoms with Crippen LogP contribution in [0.2, 0.25) is 0 Å². The molecule has 1 rings (SSSR count). The van der Waals surface area contributed by atoms with Crippen LogP contribution in [-0.4, -0.2) is 57.3 Å². The number of nitrogens with one attached hydrogen (secondary N) is 2. The number of methoxy groups -OCH3 is 1. The minimum atomic E-state index is -3.56. The highest BCUT2D eigenvalue weighted by Crippen LogP contribution is 2.19. The van der Waals surface area contributed by atoms with Crippen LogP contribution in [-0.2, 0) is 21.3 Å².